The summed E-state index contributed by atoms with van der Waals surface area (Å²) in [6.45, 7) is 4.00. The summed E-state index contributed by atoms with van der Waals surface area (Å²) in [5.74, 6) is -0.150. The van der Waals surface area contributed by atoms with Crippen LogP contribution in [0.25, 0.3) is 0 Å². The fourth-order valence-electron chi connectivity index (χ4n) is 1.49. The van der Waals surface area contributed by atoms with Gasteiger partial charge in [-0.1, -0.05) is 6.92 Å². The maximum atomic E-state index is 12.1. The summed E-state index contributed by atoms with van der Waals surface area (Å²) < 4.78 is 36.4. The number of carbonyl (C=O) groups is 1. The molecule has 2 N–H and O–H groups in total. The van der Waals surface area contributed by atoms with Crippen LogP contribution in [0.2, 0.25) is 0 Å². The maximum Gasteiger partial charge on any atom is 0.391 e. The van der Waals surface area contributed by atoms with Gasteiger partial charge < -0.3 is 10.6 Å². The van der Waals surface area contributed by atoms with Crippen LogP contribution in [0.4, 0.5) is 19.0 Å². The first-order valence-electron chi connectivity index (χ1n) is 6.25. The van der Waals surface area contributed by atoms with Gasteiger partial charge >= 0.3 is 6.18 Å². The molecule has 1 aromatic heterocycles. The fourth-order valence-corrected chi connectivity index (χ4v) is 1.49. The zero-order chi connectivity index (χ0) is 15.2. The summed E-state index contributed by atoms with van der Waals surface area (Å²) >= 11 is 0. The molecule has 1 heterocycles. The van der Waals surface area contributed by atoms with E-state index in [0.717, 1.165) is 13.0 Å². The topological polar surface area (TPSA) is 66.9 Å². The van der Waals surface area contributed by atoms with Crippen LogP contribution in [0.3, 0.4) is 0 Å². The Bertz CT molecular complexity index is 433. The minimum atomic E-state index is -4.31. The molecule has 5 nitrogen and oxygen atoms in total. The van der Waals surface area contributed by atoms with Gasteiger partial charge in [0.1, 0.15) is 11.5 Å². The SMILES string of the molecule is CCCNc1cnc(C(=O)NC(C)CC(F)(F)F)cn1. The zero-order valence-corrected chi connectivity index (χ0v) is 11.3. The van der Waals surface area contributed by atoms with Crippen LogP contribution >= 0.6 is 0 Å². The molecule has 1 aromatic rings. The Morgan fingerprint density at radius 1 is 1.35 bits per heavy atom. The summed E-state index contributed by atoms with van der Waals surface area (Å²) in [6, 6.07) is -1.01. The molecule has 1 rings (SSSR count). The molecule has 0 bridgehead atoms. The van der Waals surface area contributed by atoms with E-state index >= 15 is 0 Å². The molecule has 0 aromatic carbocycles. The number of hydrogen-bond donors (Lipinski definition) is 2. The molecule has 1 atom stereocenters. The van der Waals surface area contributed by atoms with Crippen molar-refractivity contribution in [1.29, 1.82) is 0 Å². The first-order chi connectivity index (χ1) is 9.31. The number of nitrogens with one attached hydrogen (secondary N) is 2. The minimum absolute atomic E-state index is 0.0129. The highest BCUT2D eigenvalue weighted by atomic mass is 19.4. The third-order valence-electron chi connectivity index (χ3n) is 2.36. The molecule has 0 saturated heterocycles. The van der Waals surface area contributed by atoms with Gasteiger partial charge in [0.15, 0.2) is 0 Å². The number of anilines is 1. The van der Waals surface area contributed by atoms with Gasteiger partial charge in [0, 0.05) is 12.6 Å². The van der Waals surface area contributed by atoms with Crippen molar-refractivity contribution in [2.75, 3.05) is 11.9 Å². The summed E-state index contributed by atoms with van der Waals surface area (Å²) in [4.78, 5) is 19.5. The van der Waals surface area contributed by atoms with E-state index < -0.39 is 24.5 Å². The van der Waals surface area contributed by atoms with Gasteiger partial charge in [-0.05, 0) is 13.3 Å². The van der Waals surface area contributed by atoms with Gasteiger partial charge in [-0.15, -0.1) is 0 Å². The Kier molecular flexibility index (Phi) is 5.72. The lowest BCUT2D eigenvalue weighted by Crippen LogP contribution is -2.36. The van der Waals surface area contributed by atoms with Crippen LogP contribution < -0.4 is 10.6 Å². The molecule has 1 unspecified atom stereocenters. The molecular formula is C12H17F3N4O. The van der Waals surface area contributed by atoms with E-state index in [0.29, 0.717) is 5.82 Å². The summed E-state index contributed by atoms with van der Waals surface area (Å²) in [5, 5.41) is 5.21. The van der Waals surface area contributed by atoms with E-state index in [2.05, 4.69) is 20.6 Å². The van der Waals surface area contributed by atoms with Crippen LogP contribution in [0.15, 0.2) is 12.4 Å². The van der Waals surface area contributed by atoms with Crippen molar-refractivity contribution in [3.8, 4) is 0 Å². The Balaban J connectivity index is 2.55. The van der Waals surface area contributed by atoms with E-state index in [-0.39, 0.29) is 5.69 Å². The van der Waals surface area contributed by atoms with Crippen molar-refractivity contribution in [2.24, 2.45) is 0 Å². The molecule has 0 fully saturated rings. The van der Waals surface area contributed by atoms with Crippen LogP contribution in [0.1, 0.15) is 37.2 Å². The molecule has 0 aliphatic carbocycles. The van der Waals surface area contributed by atoms with E-state index in [1.54, 1.807) is 0 Å². The van der Waals surface area contributed by atoms with Crippen molar-refractivity contribution in [3.63, 3.8) is 0 Å². The molecule has 0 radical (unpaired) electrons. The first kappa shape index (κ1) is 16.2. The molecule has 8 heteroatoms. The Morgan fingerprint density at radius 3 is 2.55 bits per heavy atom. The zero-order valence-electron chi connectivity index (χ0n) is 11.3. The van der Waals surface area contributed by atoms with Crippen LogP contribution in [-0.4, -0.2) is 34.6 Å². The smallest absolute Gasteiger partial charge is 0.369 e. The summed E-state index contributed by atoms with van der Waals surface area (Å²) in [6.07, 6.45) is -1.87. The average Bonchev–Trinajstić information content (AvgIpc) is 2.34. The quantitative estimate of drug-likeness (QED) is 0.844. The molecule has 0 spiro atoms. The normalized spacial score (nSPS) is 12.8. The highest BCUT2D eigenvalue weighted by Crippen LogP contribution is 2.21. The standard InChI is InChI=1S/C12H17F3N4O/c1-3-4-16-10-7-17-9(6-18-10)11(20)19-8(2)5-12(13,14)15/h6-8H,3-5H2,1-2H3,(H,16,18)(H,19,20). The Labute approximate surface area is 115 Å². The van der Waals surface area contributed by atoms with Crippen molar-refractivity contribution in [3.05, 3.63) is 18.1 Å². The number of aromatic nitrogens is 2. The third-order valence-corrected chi connectivity index (χ3v) is 2.36. The van der Waals surface area contributed by atoms with Crippen LogP contribution in [0.5, 0.6) is 0 Å². The molecule has 1 amide bonds. The largest absolute Gasteiger partial charge is 0.391 e. The lowest BCUT2D eigenvalue weighted by molar-refractivity contribution is -0.138. The van der Waals surface area contributed by atoms with E-state index in [1.807, 2.05) is 6.92 Å². The number of nitrogens with zero attached hydrogens (tertiary/aromatic N) is 2. The molecule has 0 aliphatic heterocycles. The van der Waals surface area contributed by atoms with Gasteiger partial charge in [0.05, 0.1) is 18.8 Å². The van der Waals surface area contributed by atoms with Gasteiger partial charge in [0.2, 0.25) is 0 Å². The van der Waals surface area contributed by atoms with Crippen molar-refractivity contribution in [2.45, 2.75) is 38.9 Å². The molecular weight excluding hydrogens is 273 g/mol. The van der Waals surface area contributed by atoms with Crippen LogP contribution in [0, 0.1) is 0 Å². The predicted molar refractivity (Wildman–Crippen MR) is 68.4 cm³/mol. The maximum absolute atomic E-state index is 12.1. The second kappa shape index (κ2) is 7.06. The predicted octanol–water partition coefficient (Wildman–Crippen LogP) is 2.37. The average molecular weight is 290 g/mol. The lowest BCUT2D eigenvalue weighted by Gasteiger charge is -2.15. The number of rotatable bonds is 6. The third kappa shape index (κ3) is 5.85. The monoisotopic (exact) mass is 290 g/mol. The second-order valence-corrected chi connectivity index (χ2v) is 4.41. The molecule has 0 saturated carbocycles. The minimum Gasteiger partial charge on any atom is -0.369 e. The van der Waals surface area contributed by atoms with E-state index in [1.165, 1.54) is 19.3 Å². The number of hydrogen-bond acceptors (Lipinski definition) is 4. The van der Waals surface area contributed by atoms with Crippen molar-refractivity contribution < 1.29 is 18.0 Å². The van der Waals surface area contributed by atoms with Crippen molar-refractivity contribution in [1.82, 2.24) is 15.3 Å². The first-order valence-corrected chi connectivity index (χ1v) is 6.25. The van der Waals surface area contributed by atoms with Gasteiger partial charge in [-0.3, -0.25) is 4.79 Å². The Morgan fingerprint density at radius 2 is 2.05 bits per heavy atom. The van der Waals surface area contributed by atoms with Gasteiger partial charge in [0.25, 0.3) is 5.91 Å². The fraction of sp³-hybridized carbons (Fsp3) is 0.583. The second-order valence-electron chi connectivity index (χ2n) is 4.41. The van der Waals surface area contributed by atoms with E-state index in [4.69, 9.17) is 0 Å². The van der Waals surface area contributed by atoms with Crippen LogP contribution in [-0.2, 0) is 0 Å². The molecule has 0 aliphatic rings. The lowest BCUT2D eigenvalue weighted by atomic mass is 10.2. The van der Waals surface area contributed by atoms with Gasteiger partial charge in [-0.25, -0.2) is 9.97 Å². The summed E-state index contributed by atoms with van der Waals surface area (Å²) in [5.41, 5.74) is -0.0129. The van der Waals surface area contributed by atoms with E-state index in [9.17, 15) is 18.0 Å². The molecule has 20 heavy (non-hydrogen) atoms. The number of alkyl halides is 3. The highest BCUT2D eigenvalue weighted by Gasteiger charge is 2.30. The van der Waals surface area contributed by atoms with Crippen molar-refractivity contribution >= 4 is 11.7 Å². The molecule has 112 valence electrons. The number of amides is 1. The number of halogens is 3. The Hall–Kier alpha value is -1.86. The summed E-state index contributed by atoms with van der Waals surface area (Å²) in [7, 11) is 0. The highest BCUT2D eigenvalue weighted by molar-refractivity contribution is 5.92. The number of carbonyl (C=O) groups excluding carboxylic acids is 1. The van der Waals surface area contributed by atoms with Gasteiger partial charge in [-0.2, -0.15) is 13.2 Å².